The van der Waals surface area contributed by atoms with E-state index in [1.54, 1.807) is 4.90 Å². The maximum atomic E-state index is 13.1. The van der Waals surface area contributed by atoms with Gasteiger partial charge in [-0.3, -0.25) is 4.79 Å². The first kappa shape index (κ1) is 25.4. The zero-order valence-corrected chi connectivity index (χ0v) is 20.1. The van der Waals surface area contributed by atoms with E-state index in [4.69, 9.17) is 0 Å². The highest BCUT2D eigenvalue weighted by Crippen LogP contribution is 2.18. The van der Waals surface area contributed by atoms with Gasteiger partial charge in [-0.05, 0) is 56.4 Å². The number of carbonyl (C=O) groups is 2. The summed E-state index contributed by atoms with van der Waals surface area (Å²) >= 11 is 0. The van der Waals surface area contributed by atoms with E-state index in [0.29, 0.717) is 32.4 Å². The molecule has 2 N–H and O–H groups in total. The largest absolute Gasteiger partial charge is 0.343 e. The molecular formula is C23H35FN4O4S. The summed E-state index contributed by atoms with van der Waals surface area (Å²) in [5.74, 6) is -0.501. The van der Waals surface area contributed by atoms with Gasteiger partial charge in [0.15, 0.2) is 0 Å². The van der Waals surface area contributed by atoms with Crippen LogP contribution < -0.4 is 10.6 Å². The summed E-state index contributed by atoms with van der Waals surface area (Å²) in [6.07, 6.45) is 7.74. The van der Waals surface area contributed by atoms with Crippen LogP contribution in [0.25, 0.3) is 0 Å². The summed E-state index contributed by atoms with van der Waals surface area (Å²) in [7, 11) is -2.26. The molecule has 0 aromatic heterocycles. The Morgan fingerprint density at radius 3 is 2.18 bits per heavy atom. The summed E-state index contributed by atoms with van der Waals surface area (Å²) in [5.41, 5.74) is 0. The summed E-state index contributed by atoms with van der Waals surface area (Å²) < 4.78 is 39.3. The molecule has 0 atom stereocenters. The molecule has 2 aliphatic rings. The lowest BCUT2D eigenvalue weighted by Gasteiger charge is -2.33. The molecule has 8 nitrogen and oxygen atoms in total. The van der Waals surface area contributed by atoms with Gasteiger partial charge in [0.05, 0.1) is 4.90 Å². The number of hydrogen-bond acceptors (Lipinski definition) is 4. The number of likely N-dealkylation sites (tertiary alicyclic amines) is 1. The van der Waals surface area contributed by atoms with Gasteiger partial charge in [-0.25, -0.2) is 21.9 Å². The third-order valence-corrected chi connectivity index (χ3v) is 8.38. The van der Waals surface area contributed by atoms with Crippen LogP contribution in [0.3, 0.4) is 0 Å². The summed E-state index contributed by atoms with van der Waals surface area (Å²) in [5, 5.41) is 6.10. The molecule has 0 unspecified atom stereocenters. The second kappa shape index (κ2) is 11.8. The SMILES string of the molecule is CN(CCCC(=O)N1CCC(NC(=O)NC2CCCCC2)CC1)S(=O)(=O)c1ccc(F)cc1. The van der Waals surface area contributed by atoms with E-state index in [9.17, 15) is 22.4 Å². The second-order valence-corrected chi connectivity index (χ2v) is 11.0. The van der Waals surface area contributed by atoms with E-state index in [1.807, 2.05) is 0 Å². The number of urea groups is 1. The smallest absolute Gasteiger partial charge is 0.315 e. The van der Waals surface area contributed by atoms with Gasteiger partial charge < -0.3 is 15.5 Å². The van der Waals surface area contributed by atoms with Gasteiger partial charge in [-0.15, -0.1) is 0 Å². The first-order valence-corrected chi connectivity index (χ1v) is 13.3. The van der Waals surface area contributed by atoms with Crippen LogP contribution in [-0.4, -0.2) is 68.3 Å². The van der Waals surface area contributed by atoms with Crippen LogP contribution in [0.2, 0.25) is 0 Å². The van der Waals surface area contributed by atoms with Crippen molar-refractivity contribution in [2.24, 2.45) is 0 Å². The molecule has 184 valence electrons. The average molecular weight is 483 g/mol. The second-order valence-electron chi connectivity index (χ2n) is 8.99. The van der Waals surface area contributed by atoms with Crippen LogP contribution in [-0.2, 0) is 14.8 Å². The van der Waals surface area contributed by atoms with Crippen molar-refractivity contribution in [3.8, 4) is 0 Å². The topological polar surface area (TPSA) is 98.8 Å². The van der Waals surface area contributed by atoms with Crippen molar-refractivity contribution >= 4 is 22.0 Å². The van der Waals surface area contributed by atoms with Gasteiger partial charge in [0.2, 0.25) is 15.9 Å². The predicted molar refractivity (Wildman–Crippen MR) is 124 cm³/mol. The fourth-order valence-electron chi connectivity index (χ4n) is 4.45. The number of piperidine rings is 1. The first-order valence-electron chi connectivity index (χ1n) is 11.8. The molecule has 1 heterocycles. The lowest BCUT2D eigenvalue weighted by Crippen LogP contribution is -2.51. The minimum Gasteiger partial charge on any atom is -0.343 e. The van der Waals surface area contributed by atoms with Crippen molar-refractivity contribution < 1.29 is 22.4 Å². The standard InChI is InChI=1S/C23H35FN4O4S/c1-27(33(31,32)21-11-9-18(24)10-12-21)15-5-8-22(29)28-16-13-20(14-17-28)26-23(30)25-19-6-3-2-4-7-19/h9-12,19-20H,2-8,13-17H2,1H3,(H2,25,26,30). The quantitative estimate of drug-likeness (QED) is 0.595. The van der Waals surface area contributed by atoms with E-state index >= 15 is 0 Å². The number of carbonyl (C=O) groups excluding carboxylic acids is 2. The number of benzene rings is 1. The fourth-order valence-corrected chi connectivity index (χ4v) is 5.66. The zero-order valence-electron chi connectivity index (χ0n) is 19.3. The van der Waals surface area contributed by atoms with Gasteiger partial charge in [0.1, 0.15) is 5.82 Å². The van der Waals surface area contributed by atoms with Crippen LogP contribution in [0.5, 0.6) is 0 Å². The molecular weight excluding hydrogens is 447 g/mol. The molecule has 1 saturated carbocycles. The maximum Gasteiger partial charge on any atom is 0.315 e. The molecule has 0 radical (unpaired) electrons. The van der Waals surface area contributed by atoms with E-state index in [2.05, 4.69) is 10.6 Å². The monoisotopic (exact) mass is 482 g/mol. The Labute approximate surface area is 195 Å². The van der Waals surface area contributed by atoms with Crippen molar-refractivity contribution in [3.05, 3.63) is 30.1 Å². The van der Waals surface area contributed by atoms with Gasteiger partial charge >= 0.3 is 6.03 Å². The van der Waals surface area contributed by atoms with Crippen LogP contribution in [0.1, 0.15) is 57.8 Å². The number of sulfonamides is 1. The van der Waals surface area contributed by atoms with E-state index in [-0.39, 0.29) is 41.9 Å². The lowest BCUT2D eigenvalue weighted by molar-refractivity contribution is -0.132. The molecule has 33 heavy (non-hydrogen) atoms. The van der Waals surface area contributed by atoms with Crippen LogP contribution >= 0.6 is 0 Å². The van der Waals surface area contributed by atoms with Crippen molar-refractivity contribution in [1.29, 1.82) is 0 Å². The Morgan fingerprint density at radius 2 is 1.58 bits per heavy atom. The summed E-state index contributed by atoms with van der Waals surface area (Å²) in [6, 6.07) is 4.91. The van der Waals surface area contributed by atoms with Crippen LogP contribution in [0.15, 0.2) is 29.2 Å². The number of rotatable bonds is 8. The Kier molecular flexibility index (Phi) is 9.08. The highest BCUT2D eigenvalue weighted by molar-refractivity contribution is 7.89. The van der Waals surface area contributed by atoms with Gasteiger partial charge in [0, 0.05) is 45.2 Å². The van der Waals surface area contributed by atoms with E-state index in [0.717, 1.165) is 25.0 Å². The van der Waals surface area contributed by atoms with Gasteiger partial charge in [-0.2, -0.15) is 0 Å². The van der Waals surface area contributed by atoms with Gasteiger partial charge in [-0.1, -0.05) is 19.3 Å². The normalized spacial score (nSPS) is 18.3. The molecule has 3 rings (SSSR count). The highest BCUT2D eigenvalue weighted by atomic mass is 32.2. The lowest BCUT2D eigenvalue weighted by atomic mass is 9.96. The number of halogens is 1. The van der Waals surface area contributed by atoms with Crippen LogP contribution in [0.4, 0.5) is 9.18 Å². The van der Waals surface area contributed by atoms with Crippen molar-refractivity contribution in [3.63, 3.8) is 0 Å². The zero-order chi connectivity index (χ0) is 23.8. The molecule has 3 amide bonds. The molecule has 1 aliphatic carbocycles. The molecule has 1 aromatic carbocycles. The molecule has 0 spiro atoms. The fraction of sp³-hybridized carbons (Fsp3) is 0.652. The first-order chi connectivity index (χ1) is 15.8. The van der Waals surface area contributed by atoms with Gasteiger partial charge in [0.25, 0.3) is 0 Å². The molecule has 0 bridgehead atoms. The highest BCUT2D eigenvalue weighted by Gasteiger charge is 2.25. The molecule has 1 aliphatic heterocycles. The number of amides is 3. The predicted octanol–water partition coefficient (Wildman–Crippen LogP) is 2.85. The summed E-state index contributed by atoms with van der Waals surface area (Å²) in [6.45, 7) is 1.36. The molecule has 10 heteroatoms. The third kappa shape index (κ3) is 7.40. The Hall–Kier alpha value is -2.20. The number of hydrogen-bond donors (Lipinski definition) is 2. The molecule has 2 fully saturated rings. The third-order valence-electron chi connectivity index (χ3n) is 6.51. The van der Waals surface area contributed by atoms with Crippen molar-refractivity contribution in [2.45, 2.75) is 74.8 Å². The van der Waals surface area contributed by atoms with E-state index in [1.165, 1.54) is 42.7 Å². The number of nitrogens with one attached hydrogen (secondary N) is 2. The Balaban J connectivity index is 1.35. The molecule has 1 aromatic rings. The maximum absolute atomic E-state index is 13.1. The van der Waals surface area contributed by atoms with Crippen LogP contribution in [0, 0.1) is 5.82 Å². The minimum absolute atomic E-state index is 0.00677. The Morgan fingerprint density at radius 1 is 1.00 bits per heavy atom. The minimum atomic E-state index is -3.71. The number of nitrogens with zero attached hydrogens (tertiary/aromatic N) is 2. The Bertz CT molecular complexity index is 896. The summed E-state index contributed by atoms with van der Waals surface area (Å²) in [4.78, 5) is 26.6. The van der Waals surface area contributed by atoms with Crippen molar-refractivity contribution in [1.82, 2.24) is 19.8 Å². The average Bonchev–Trinajstić information content (AvgIpc) is 2.80. The molecule has 1 saturated heterocycles. The van der Waals surface area contributed by atoms with E-state index < -0.39 is 15.8 Å². The van der Waals surface area contributed by atoms with Crippen molar-refractivity contribution in [2.75, 3.05) is 26.7 Å².